The van der Waals surface area contributed by atoms with Gasteiger partial charge in [0, 0.05) is 22.5 Å². The number of benzene rings is 5. The average molecular weight is 696 g/mol. The van der Waals surface area contributed by atoms with Crippen LogP contribution in [-0.4, -0.2) is 0 Å². The van der Waals surface area contributed by atoms with E-state index in [4.69, 9.17) is 0 Å². The predicted octanol–water partition coefficient (Wildman–Crippen LogP) is 15.1. The predicted molar refractivity (Wildman–Crippen MR) is 224 cm³/mol. The Bertz CT molecular complexity index is 2090. The second-order valence-electron chi connectivity index (χ2n) is 18.1. The highest BCUT2D eigenvalue weighted by Gasteiger charge is 2.41. The van der Waals surface area contributed by atoms with Crippen LogP contribution in [0, 0.1) is 11.8 Å². The van der Waals surface area contributed by atoms with Crippen molar-refractivity contribution < 1.29 is 0 Å². The minimum atomic E-state index is -0.125. The molecule has 10 rings (SSSR count). The highest BCUT2D eigenvalue weighted by atomic mass is 15.1. The van der Waals surface area contributed by atoms with E-state index in [-0.39, 0.29) is 5.41 Å². The molecule has 1 nitrogen and oxygen atoms in total. The smallest absolute Gasteiger partial charge is 0.0496 e. The van der Waals surface area contributed by atoms with Crippen LogP contribution in [-0.2, 0) is 5.41 Å². The first-order chi connectivity index (χ1) is 26.0. The summed E-state index contributed by atoms with van der Waals surface area (Å²) in [6.45, 7) is 4.93. The monoisotopic (exact) mass is 695 g/mol. The van der Waals surface area contributed by atoms with Crippen LogP contribution >= 0.6 is 0 Å². The Kier molecular flexibility index (Phi) is 8.61. The fraction of sp³-hybridized carbons (Fsp3) is 0.423. The van der Waals surface area contributed by atoms with Crippen molar-refractivity contribution in [3.63, 3.8) is 0 Å². The molecule has 0 aromatic heterocycles. The largest absolute Gasteiger partial charge is 0.310 e. The second kappa shape index (κ2) is 13.6. The normalized spacial score (nSPS) is 23.5. The molecule has 0 heterocycles. The Hall–Kier alpha value is -4.10. The van der Waals surface area contributed by atoms with Crippen LogP contribution in [0.4, 0.5) is 17.1 Å². The van der Waals surface area contributed by atoms with E-state index in [2.05, 4.69) is 128 Å². The van der Waals surface area contributed by atoms with Crippen molar-refractivity contribution in [2.75, 3.05) is 4.90 Å². The zero-order valence-electron chi connectivity index (χ0n) is 32.1. The summed E-state index contributed by atoms with van der Waals surface area (Å²) >= 11 is 0. The highest BCUT2D eigenvalue weighted by molar-refractivity contribution is 5.90. The molecular formula is C52H57N. The molecular weight excluding hydrogens is 639 g/mol. The Balaban J connectivity index is 1.04. The minimum Gasteiger partial charge on any atom is -0.310 e. The summed E-state index contributed by atoms with van der Waals surface area (Å²) in [5.74, 6) is 3.97. The summed E-state index contributed by atoms with van der Waals surface area (Å²) < 4.78 is 0. The van der Waals surface area contributed by atoms with Gasteiger partial charge < -0.3 is 4.90 Å². The van der Waals surface area contributed by atoms with Gasteiger partial charge in [-0.05, 0) is 155 Å². The Morgan fingerprint density at radius 3 is 1.92 bits per heavy atom. The van der Waals surface area contributed by atoms with Crippen LogP contribution in [0.1, 0.15) is 149 Å². The maximum atomic E-state index is 2.61. The fourth-order valence-electron chi connectivity index (χ4n) is 12.0. The van der Waals surface area contributed by atoms with E-state index in [1.807, 2.05) is 0 Å². The van der Waals surface area contributed by atoms with Gasteiger partial charge in [0.05, 0.1) is 0 Å². The lowest BCUT2D eigenvalue weighted by molar-refractivity contribution is 0.420. The number of rotatable bonds is 7. The van der Waals surface area contributed by atoms with Crippen LogP contribution in [0.5, 0.6) is 0 Å². The molecule has 0 radical (unpaired) electrons. The molecule has 5 aliphatic carbocycles. The molecule has 0 amide bonds. The summed E-state index contributed by atoms with van der Waals surface area (Å²) in [5.41, 5.74) is 16.8. The van der Waals surface area contributed by atoms with Gasteiger partial charge in [-0.3, -0.25) is 0 Å². The van der Waals surface area contributed by atoms with Crippen LogP contribution < -0.4 is 4.90 Å². The number of hydrogen-bond donors (Lipinski definition) is 0. The summed E-state index contributed by atoms with van der Waals surface area (Å²) in [6, 6.07) is 43.3. The van der Waals surface area contributed by atoms with E-state index in [1.165, 1.54) is 151 Å². The molecule has 0 saturated heterocycles. The fourth-order valence-corrected chi connectivity index (χ4v) is 12.0. The molecule has 3 unspecified atom stereocenters. The molecule has 2 bridgehead atoms. The average Bonchev–Trinajstić information content (AvgIpc) is 3.92. The van der Waals surface area contributed by atoms with Gasteiger partial charge in [0.2, 0.25) is 0 Å². The first-order valence-corrected chi connectivity index (χ1v) is 21.4. The lowest BCUT2D eigenvalue weighted by atomic mass is 9.78. The first kappa shape index (κ1) is 33.5. The number of fused-ring (bicyclic) bond motifs is 5. The van der Waals surface area contributed by atoms with Gasteiger partial charge in [0.1, 0.15) is 0 Å². The maximum absolute atomic E-state index is 2.61. The van der Waals surface area contributed by atoms with Crippen molar-refractivity contribution in [3.05, 3.63) is 137 Å². The van der Waals surface area contributed by atoms with Crippen molar-refractivity contribution in [3.8, 4) is 22.3 Å². The minimum absolute atomic E-state index is 0.125. The molecule has 0 aliphatic heterocycles. The van der Waals surface area contributed by atoms with Gasteiger partial charge in [-0.2, -0.15) is 0 Å². The second-order valence-corrected chi connectivity index (χ2v) is 18.1. The van der Waals surface area contributed by atoms with E-state index in [1.54, 1.807) is 5.56 Å². The quantitative estimate of drug-likeness (QED) is 0.164. The van der Waals surface area contributed by atoms with Crippen LogP contribution in [0.15, 0.2) is 109 Å². The molecule has 4 fully saturated rings. The highest BCUT2D eigenvalue weighted by Crippen LogP contribution is 2.55. The number of hydrogen-bond acceptors (Lipinski definition) is 1. The zero-order valence-corrected chi connectivity index (χ0v) is 32.1. The van der Waals surface area contributed by atoms with Crippen LogP contribution in [0.3, 0.4) is 0 Å². The van der Waals surface area contributed by atoms with Crippen molar-refractivity contribution in [2.24, 2.45) is 11.8 Å². The molecule has 270 valence electrons. The van der Waals surface area contributed by atoms with E-state index in [0.29, 0.717) is 5.92 Å². The van der Waals surface area contributed by atoms with E-state index in [0.717, 1.165) is 23.7 Å². The summed E-state index contributed by atoms with van der Waals surface area (Å²) in [7, 11) is 0. The molecule has 3 atom stereocenters. The van der Waals surface area contributed by atoms with Crippen molar-refractivity contribution in [2.45, 2.75) is 127 Å². The van der Waals surface area contributed by atoms with E-state index < -0.39 is 0 Å². The third-order valence-corrected chi connectivity index (χ3v) is 14.8. The van der Waals surface area contributed by atoms with Crippen LogP contribution in [0.25, 0.3) is 22.3 Å². The summed E-state index contributed by atoms with van der Waals surface area (Å²) in [4.78, 5) is 2.61. The molecule has 5 aromatic carbocycles. The van der Waals surface area contributed by atoms with Crippen molar-refractivity contribution >= 4 is 17.1 Å². The van der Waals surface area contributed by atoms with Crippen LogP contribution in [0.2, 0.25) is 0 Å². The van der Waals surface area contributed by atoms with Crippen molar-refractivity contribution in [1.82, 2.24) is 0 Å². The third-order valence-electron chi connectivity index (χ3n) is 14.8. The standard InChI is InChI=1S/C52H57N/c1-52(2)49-34-43(30-31-46(49)47-18-11-17-45(51(47)52)39-24-22-37(23-25-39)36-12-5-3-6-13-36)53(50-19-10-9-16-44(50)38-14-7-4-8-15-38)42-28-26-40(27-29-42)48-33-35-20-21-41(48)32-35/h9-11,16-19,22-31,34-36,38,41,48H,3-8,12-15,20-21,32-33H2,1-2H3. The third kappa shape index (κ3) is 5.89. The number of anilines is 3. The summed E-state index contributed by atoms with van der Waals surface area (Å²) in [6.07, 6.45) is 19.2. The SMILES string of the molecule is CC1(C)c2cc(N(c3ccc(C4CC5CCC4C5)cc3)c3ccccc3C3CCCCC3)ccc2-c2cccc(-c3ccc(C4CCCCC4)cc3)c21. The van der Waals surface area contributed by atoms with Gasteiger partial charge in [-0.25, -0.2) is 0 Å². The number of nitrogens with zero attached hydrogens (tertiary/aromatic N) is 1. The molecule has 53 heavy (non-hydrogen) atoms. The molecule has 0 N–H and O–H groups in total. The molecule has 0 spiro atoms. The summed E-state index contributed by atoms with van der Waals surface area (Å²) in [5, 5.41) is 0. The van der Waals surface area contributed by atoms with Gasteiger partial charge >= 0.3 is 0 Å². The van der Waals surface area contributed by atoms with Gasteiger partial charge in [0.25, 0.3) is 0 Å². The van der Waals surface area contributed by atoms with Gasteiger partial charge in [-0.15, -0.1) is 0 Å². The maximum Gasteiger partial charge on any atom is 0.0496 e. The lowest BCUT2D eigenvalue weighted by Gasteiger charge is -2.33. The Morgan fingerprint density at radius 2 is 1.21 bits per heavy atom. The lowest BCUT2D eigenvalue weighted by Crippen LogP contribution is -2.18. The van der Waals surface area contributed by atoms with Gasteiger partial charge in [0.15, 0.2) is 0 Å². The Labute approximate surface area is 318 Å². The van der Waals surface area contributed by atoms with Crippen molar-refractivity contribution in [1.29, 1.82) is 0 Å². The Morgan fingerprint density at radius 1 is 0.528 bits per heavy atom. The molecule has 5 aliphatic rings. The number of para-hydroxylation sites is 1. The molecule has 4 saturated carbocycles. The molecule has 1 heteroatoms. The first-order valence-electron chi connectivity index (χ1n) is 21.4. The molecule has 5 aromatic rings. The van der Waals surface area contributed by atoms with Gasteiger partial charge in [-0.1, -0.05) is 138 Å². The topological polar surface area (TPSA) is 3.24 Å². The van der Waals surface area contributed by atoms with E-state index in [9.17, 15) is 0 Å². The van der Waals surface area contributed by atoms with E-state index >= 15 is 0 Å². The zero-order chi connectivity index (χ0) is 35.5.